The van der Waals surface area contributed by atoms with Gasteiger partial charge in [0.05, 0.1) is 0 Å². The molecule has 3 amide bonds. The van der Waals surface area contributed by atoms with Gasteiger partial charge in [0.2, 0.25) is 11.8 Å². The summed E-state index contributed by atoms with van der Waals surface area (Å²) in [6, 6.07) is 7.86. The number of ether oxygens (including phenoxy) is 1. The molecule has 26 heavy (non-hydrogen) atoms. The molecule has 1 aliphatic carbocycles. The number of carbonyl (C=O) groups excluding carboxylic acids is 3. The van der Waals surface area contributed by atoms with Crippen LogP contribution in [0.2, 0.25) is 0 Å². The Bertz CT molecular complexity index is 687. The molecule has 0 radical (unpaired) electrons. The van der Waals surface area contributed by atoms with Gasteiger partial charge in [0.1, 0.15) is 5.60 Å². The Morgan fingerprint density at radius 1 is 1.23 bits per heavy atom. The molecule has 1 aliphatic rings. The molecule has 7 nitrogen and oxygen atoms in total. The molecule has 8 heteroatoms. The Morgan fingerprint density at radius 3 is 2.62 bits per heavy atom. The first-order valence-electron chi connectivity index (χ1n) is 8.47. The van der Waals surface area contributed by atoms with E-state index in [2.05, 4.69) is 32.1 Å². The van der Waals surface area contributed by atoms with E-state index in [1.54, 1.807) is 20.8 Å². The standard InChI is InChI=1S/C18H24BrN3O4/c1-18(2,3)26-17(25)20-8-7-15(23)21-22-16(24)14-10-13(14)11-5-4-6-12(19)9-11/h4-6,9,13-14H,7-8,10H2,1-3H3,(H,20,25)(H,21,23)(H,22,24)/t13-,14-/m0/s1. The number of hydrogen-bond donors (Lipinski definition) is 3. The van der Waals surface area contributed by atoms with Gasteiger partial charge in [-0.15, -0.1) is 0 Å². The van der Waals surface area contributed by atoms with Gasteiger partial charge >= 0.3 is 6.09 Å². The number of alkyl carbamates (subject to hydrolysis) is 1. The molecule has 2 rings (SSSR count). The van der Waals surface area contributed by atoms with Crippen molar-refractivity contribution in [2.75, 3.05) is 6.54 Å². The summed E-state index contributed by atoms with van der Waals surface area (Å²) < 4.78 is 6.04. The largest absolute Gasteiger partial charge is 0.444 e. The van der Waals surface area contributed by atoms with Crippen molar-refractivity contribution in [3.05, 3.63) is 34.3 Å². The van der Waals surface area contributed by atoms with Crippen molar-refractivity contribution in [1.82, 2.24) is 16.2 Å². The number of hydrogen-bond acceptors (Lipinski definition) is 4. The Labute approximate surface area is 161 Å². The number of amides is 3. The molecule has 1 aromatic carbocycles. The van der Waals surface area contributed by atoms with Gasteiger partial charge in [0.15, 0.2) is 0 Å². The molecule has 0 spiro atoms. The molecule has 1 saturated carbocycles. The fourth-order valence-corrected chi connectivity index (χ4v) is 2.89. The summed E-state index contributed by atoms with van der Waals surface area (Å²) in [6.07, 6.45) is 0.224. The average Bonchev–Trinajstić information content (AvgIpc) is 3.31. The molecule has 0 bridgehead atoms. The van der Waals surface area contributed by atoms with Gasteiger partial charge < -0.3 is 10.1 Å². The minimum atomic E-state index is -0.588. The molecule has 142 valence electrons. The normalized spacial score (nSPS) is 18.6. The van der Waals surface area contributed by atoms with Crippen molar-refractivity contribution in [3.63, 3.8) is 0 Å². The van der Waals surface area contributed by atoms with E-state index in [0.29, 0.717) is 0 Å². The van der Waals surface area contributed by atoms with Gasteiger partial charge in [0, 0.05) is 23.4 Å². The second-order valence-corrected chi connectivity index (χ2v) is 8.14. The first kappa shape index (κ1) is 20.2. The third kappa shape index (κ3) is 6.67. The number of halogens is 1. The van der Waals surface area contributed by atoms with E-state index in [1.165, 1.54) is 0 Å². The highest BCUT2D eigenvalue weighted by molar-refractivity contribution is 9.10. The third-order valence-electron chi connectivity index (χ3n) is 3.75. The van der Waals surface area contributed by atoms with E-state index >= 15 is 0 Å². The van der Waals surface area contributed by atoms with Gasteiger partial charge in [-0.1, -0.05) is 28.1 Å². The molecule has 0 aliphatic heterocycles. The molecule has 3 N–H and O–H groups in total. The smallest absolute Gasteiger partial charge is 0.407 e. The SMILES string of the molecule is CC(C)(C)OC(=O)NCCC(=O)NNC(=O)[C@H]1C[C@H]1c1cccc(Br)c1. The Hall–Kier alpha value is -2.09. The Kier molecular flexibility index (Phi) is 6.63. The maximum absolute atomic E-state index is 12.1. The van der Waals surface area contributed by atoms with E-state index in [9.17, 15) is 14.4 Å². The molecular weight excluding hydrogens is 402 g/mol. The zero-order chi connectivity index (χ0) is 19.3. The van der Waals surface area contributed by atoms with Crippen LogP contribution in [0, 0.1) is 5.92 Å². The lowest BCUT2D eigenvalue weighted by molar-refractivity contribution is -0.129. The maximum atomic E-state index is 12.1. The lowest BCUT2D eigenvalue weighted by Crippen LogP contribution is -2.44. The van der Waals surface area contributed by atoms with Crippen LogP contribution >= 0.6 is 15.9 Å². The van der Waals surface area contributed by atoms with Gasteiger partial charge in [-0.3, -0.25) is 20.4 Å². The zero-order valence-corrected chi connectivity index (χ0v) is 16.7. The van der Waals surface area contributed by atoms with E-state index in [-0.39, 0.29) is 36.6 Å². The van der Waals surface area contributed by atoms with Crippen LogP contribution in [0.5, 0.6) is 0 Å². The average molecular weight is 426 g/mol. The number of rotatable bonds is 5. The lowest BCUT2D eigenvalue weighted by Gasteiger charge is -2.19. The second kappa shape index (κ2) is 8.53. The highest BCUT2D eigenvalue weighted by atomic mass is 79.9. The molecule has 0 aromatic heterocycles. The first-order chi connectivity index (χ1) is 12.2. The molecule has 0 saturated heterocycles. The fourth-order valence-electron chi connectivity index (χ4n) is 2.47. The summed E-state index contributed by atoms with van der Waals surface area (Å²) in [5, 5.41) is 2.49. The summed E-state index contributed by atoms with van der Waals surface area (Å²) >= 11 is 3.42. The van der Waals surface area contributed by atoms with Crippen molar-refractivity contribution in [1.29, 1.82) is 0 Å². The molecular formula is C18H24BrN3O4. The predicted octanol–water partition coefficient (Wildman–Crippen LogP) is 2.61. The molecule has 1 fully saturated rings. The van der Waals surface area contributed by atoms with E-state index < -0.39 is 11.7 Å². The van der Waals surface area contributed by atoms with Crippen LogP contribution in [0.3, 0.4) is 0 Å². The van der Waals surface area contributed by atoms with Gasteiger partial charge in [-0.25, -0.2) is 4.79 Å². The van der Waals surface area contributed by atoms with Crippen molar-refractivity contribution in [2.24, 2.45) is 5.92 Å². The molecule has 0 unspecified atom stereocenters. The van der Waals surface area contributed by atoms with Crippen molar-refractivity contribution in [2.45, 2.75) is 45.1 Å². The van der Waals surface area contributed by atoms with Crippen LogP contribution in [0.4, 0.5) is 4.79 Å². The number of hydrazine groups is 1. The van der Waals surface area contributed by atoms with Gasteiger partial charge in [0.25, 0.3) is 0 Å². The Morgan fingerprint density at radius 2 is 1.96 bits per heavy atom. The van der Waals surface area contributed by atoms with Crippen LogP contribution in [0.1, 0.15) is 45.1 Å². The summed E-state index contributed by atoms with van der Waals surface area (Å²) in [5.41, 5.74) is 5.33. The minimum Gasteiger partial charge on any atom is -0.444 e. The highest BCUT2D eigenvalue weighted by Crippen LogP contribution is 2.47. The zero-order valence-electron chi connectivity index (χ0n) is 15.1. The number of carbonyl (C=O) groups is 3. The van der Waals surface area contributed by atoms with E-state index in [4.69, 9.17) is 4.74 Å². The molecule has 1 aromatic rings. The second-order valence-electron chi connectivity index (χ2n) is 7.22. The number of nitrogens with one attached hydrogen (secondary N) is 3. The highest BCUT2D eigenvalue weighted by Gasteiger charge is 2.44. The van der Waals surface area contributed by atoms with Crippen molar-refractivity contribution >= 4 is 33.8 Å². The fraction of sp³-hybridized carbons (Fsp3) is 0.500. The van der Waals surface area contributed by atoms with Crippen LogP contribution < -0.4 is 16.2 Å². The number of benzene rings is 1. The van der Waals surface area contributed by atoms with Gasteiger partial charge in [-0.05, 0) is 50.8 Å². The summed E-state index contributed by atoms with van der Waals surface area (Å²) in [7, 11) is 0. The van der Waals surface area contributed by atoms with Crippen molar-refractivity contribution in [3.8, 4) is 0 Å². The Balaban J connectivity index is 1.64. The van der Waals surface area contributed by atoms with Crippen LogP contribution in [0.25, 0.3) is 0 Å². The molecule has 0 heterocycles. The lowest BCUT2D eigenvalue weighted by atomic mass is 10.1. The summed E-state index contributed by atoms with van der Waals surface area (Å²) in [6.45, 7) is 5.40. The summed E-state index contributed by atoms with van der Waals surface area (Å²) in [5.74, 6) is -0.541. The first-order valence-corrected chi connectivity index (χ1v) is 9.26. The summed E-state index contributed by atoms with van der Waals surface area (Å²) in [4.78, 5) is 35.3. The van der Waals surface area contributed by atoms with Crippen molar-refractivity contribution < 1.29 is 19.1 Å². The third-order valence-corrected chi connectivity index (χ3v) is 4.24. The van der Waals surface area contributed by atoms with Crippen LogP contribution in [-0.4, -0.2) is 30.1 Å². The van der Waals surface area contributed by atoms with E-state index in [1.807, 2.05) is 24.3 Å². The predicted molar refractivity (Wildman–Crippen MR) is 100 cm³/mol. The monoisotopic (exact) mass is 425 g/mol. The van der Waals surface area contributed by atoms with Gasteiger partial charge in [-0.2, -0.15) is 0 Å². The topological polar surface area (TPSA) is 96.5 Å². The quantitative estimate of drug-likeness (QED) is 0.631. The molecule has 2 atom stereocenters. The van der Waals surface area contributed by atoms with E-state index in [0.717, 1.165) is 16.5 Å². The minimum absolute atomic E-state index is 0.0409. The van der Waals surface area contributed by atoms with Crippen LogP contribution in [-0.2, 0) is 14.3 Å². The van der Waals surface area contributed by atoms with Crippen LogP contribution in [0.15, 0.2) is 28.7 Å². The maximum Gasteiger partial charge on any atom is 0.407 e.